The molecule has 1 N–H and O–H groups in total. The molecule has 10 heteroatoms. The summed E-state index contributed by atoms with van der Waals surface area (Å²) in [7, 11) is 0. The number of carbonyl (C=O) groups is 2. The molecule has 2 aromatic heterocycles. The van der Waals surface area contributed by atoms with E-state index in [1.54, 1.807) is 31.2 Å². The maximum absolute atomic E-state index is 12.6. The monoisotopic (exact) mass is 477 g/mol. The van der Waals surface area contributed by atoms with Crippen LogP contribution in [0.15, 0.2) is 60.8 Å². The van der Waals surface area contributed by atoms with Gasteiger partial charge in [0.15, 0.2) is 12.4 Å². The topological polar surface area (TPSA) is 110 Å². The zero-order valence-electron chi connectivity index (χ0n) is 17.3. The van der Waals surface area contributed by atoms with Crippen LogP contribution in [0.5, 0.6) is 0 Å². The molecule has 33 heavy (non-hydrogen) atoms. The number of para-hydroxylation sites is 1. The number of nitriles is 1. The Morgan fingerprint density at radius 3 is 2.61 bits per heavy atom. The Balaban J connectivity index is 1.44. The van der Waals surface area contributed by atoms with Crippen LogP contribution in [0.1, 0.15) is 20.9 Å². The number of ether oxygens (including phenoxy) is 1. The van der Waals surface area contributed by atoms with Crippen LogP contribution in [0.25, 0.3) is 16.3 Å². The summed E-state index contributed by atoms with van der Waals surface area (Å²) in [6.07, 6.45) is 1.35. The summed E-state index contributed by atoms with van der Waals surface area (Å²) in [5.41, 5.74) is 2.18. The number of hydrogen-bond acceptors (Lipinski definition) is 7. The highest BCUT2D eigenvalue weighted by Crippen LogP contribution is 2.29. The molecule has 8 nitrogen and oxygen atoms in total. The molecule has 0 radical (unpaired) electrons. The number of aromatic nitrogens is 3. The minimum absolute atomic E-state index is 0.185. The highest BCUT2D eigenvalue weighted by atomic mass is 35.5. The Morgan fingerprint density at radius 2 is 1.91 bits per heavy atom. The lowest BCUT2D eigenvalue weighted by molar-refractivity contribution is -0.119. The summed E-state index contributed by atoms with van der Waals surface area (Å²) in [5, 5.41) is 17.4. The summed E-state index contributed by atoms with van der Waals surface area (Å²) >= 11 is 7.09. The number of amides is 1. The molecular formula is C23H16ClN5O3S. The van der Waals surface area contributed by atoms with Crippen molar-refractivity contribution in [3.63, 3.8) is 0 Å². The number of halogens is 1. The fourth-order valence-corrected chi connectivity index (χ4v) is 4.07. The number of nitrogens with one attached hydrogen (secondary N) is 1. The van der Waals surface area contributed by atoms with Gasteiger partial charge in [0.05, 0.1) is 17.6 Å². The Morgan fingerprint density at radius 1 is 1.18 bits per heavy atom. The molecule has 0 bridgehead atoms. The number of nitrogens with zero attached hydrogens (tertiary/aromatic N) is 4. The van der Waals surface area contributed by atoms with Gasteiger partial charge in [0.25, 0.3) is 5.91 Å². The second kappa shape index (κ2) is 9.65. The van der Waals surface area contributed by atoms with Crippen LogP contribution in [0.4, 0.5) is 5.82 Å². The number of carbonyl (C=O) groups excluding carboxylic acids is 2. The first-order valence-corrected chi connectivity index (χ1v) is 10.9. The second-order valence-electron chi connectivity index (χ2n) is 6.83. The highest BCUT2D eigenvalue weighted by Gasteiger charge is 2.20. The van der Waals surface area contributed by atoms with Crippen LogP contribution in [-0.4, -0.2) is 33.2 Å². The maximum atomic E-state index is 12.6. The number of aryl methyl sites for hydroxylation is 1. The minimum Gasteiger partial charge on any atom is -0.451 e. The Labute approximate surface area is 198 Å². The number of thiazole rings is 1. The number of anilines is 1. The standard InChI is InChI=1S/C23H16ClN5O3S/c1-14-20(33-22(27-14)15-7-9-17(24)10-8-15)23(31)32-13-19(30)28-21-16(11-25)12-26-29(21)18-5-3-2-4-6-18/h2-10,12H,13H2,1H3,(H,28,30). The Bertz CT molecular complexity index is 1360. The summed E-state index contributed by atoms with van der Waals surface area (Å²) in [6, 6.07) is 18.1. The molecule has 1 amide bonds. The third-order valence-corrected chi connectivity index (χ3v) is 5.99. The van der Waals surface area contributed by atoms with Gasteiger partial charge in [-0.1, -0.05) is 41.9 Å². The van der Waals surface area contributed by atoms with E-state index in [4.69, 9.17) is 16.3 Å². The van der Waals surface area contributed by atoms with E-state index < -0.39 is 18.5 Å². The van der Waals surface area contributed by atoms with Crippen molar-refractivity contribution in [3.05, 3.63) is 82.0 Å². The first kappa shape index (κ1) is 22.2. The van der Waals surface area contributed by atoms with Gasteiger partial charge in [-0.25, -0.2) is 14.5 Å². The van der Waals surface area contributed by atoms with Gasteiger partial charge in [-0.2, -0.15) is 10.4 Å². The van der Waals surface area contributed by atoms with Gasteiger partial charge in [-0.05, 0) is 31.2 Å². The van der Waals surface area contributed by atoms with Gasteiger partial charge in [0, 0.05) is 10.6 Å². The van der Waals surface area contributed by atoms with Crippen molar-refractivity contribution in [1.82, 2.24) is 14.8 Å². The molecule has 0 atom stereocenters. The molecular weight excluding hydrogens is 462 g/mol. The molecule has 4 aromatic rings. The molecule has 0 saturated heterocycles. The zero-order valence-corrected chi connectivity index (χ0v) is 18.9. The van der Waals surface area contributed by atoms with Gasteiger partial charge in [-0.3, -0.25) is 4.79 Å². The van der Waals surface area contributed by atoms with Gasteiger partial charge >= 0.3 is 5.97 Å². The van der Waals surface area contributed by atoms with E-state index in [1.165, 1.54) is 22.2 Å². The molecule has 0 saturated carbocycles. The molecule has 2 heterocycles. The lowest BCUT2D eigenvalue weighted by Crippen LogP contribution is -2.22. The van der Waals surface area contributed by atoms with E-state index in [0.29, 0.717) is 26.3 Å². The highest BCUT2D eigenvalue weighted by molar-refractivity contribution is 7.17. The van der Waals surface area contributed by atoms with E-state index >= 15 is 0 Å². The van der Waals surface area contributed by atoms with Gasteiger partial charge < -0.3 is 10.1 Å². The molecule has 0 spiro atoms. The van der Waals surface area contributed by atoms with Crippen LogP contribution >= 0.6 is 22.9 Å². The van der Waals surface area contributed by atoms with Crippen molar-refractivity contribution in [2.24, 2.45) is 0 Å². The normalized spacial score (nSPS) is 10.5. The first-order chi connectivity index (χ1) is 16.0. The van der Waals surface area contributed by atoms with Crippen molar-refractivity contribution < 1.29 is 14.3 Å². The van der Waals surface area contributed by atoms with E-state index in [-0.39, 0.29) is 11.4 Å². The molecule has 0 aliphatic rings. The van der Waals surface area contributed by atoms with E-state index in [1.807, 2.05) is 36.4 Å². The van der Waals surface area contributed by atoms with Crippen LogP contribution in [0.2, 0.25) is 5.02 Å². The lowest BCUT2D eigenvalue weighted by atomic mass is 10.2. The van der Waals surface area contributed by atoms with Crippen LogP contribution < -0.4 is 5.32 Å². The number of esters is 1. The van der Waals surface area contributed by atoms with Crippen LogP contribution in [-0.2, 0) is 9.53 Å². The Kier molecular flexibility index (Phi) is 6.49. The van der Waals surface area contributed by atoms with Crippen LogP contribution in [0, 0.1) is 18.3 Å². The predicted molar refractivity (Wildman–Crippen MR) is 124 cm³/mol. The fraction of sp³-hybridized carbons (Fsp3) is 0.0870. The zero-order chi connectivity index (χ0) is 23.4. The van der Waals surface area contributed by atoms with Crippen molar-refractivity contribution >= 4 is 40.6 Å². The Hall–Kier alpha value is -4.00. The van der Waals surface area contributed by atoms with Gasteiger partial charge in [0.1, 0.15) is 21.5 Å². The largest absolute Gasteiger partial charge is 0.451 e. The summed E-state index contributed by atoms with van der Waals surface area (Å²) in [4.78, 5) is 29.8. The predicted octanol–water partition coefficient (Wildman–Crippen LogP) is 4.62. The SMILES string of the molecule is Cc1nc(-c2ccc(Cl)cc2)sc1C(=O)OCC(=O)Nc1c(C#N)cnn1-c1ccccc1. The van der Waals surface area contributed by atoms with Crippen molar-refractivity contribution in [2.75, 3.05) is 11.9 Å². The third kappa shape index (κ3) is 4.92. The molecule has 4 rings (SSSR count). The first-order valence-electron chi connectivity index (χ1n) is 9.70. The number of rotatable bonds is 6. The molecule has 0 unspecified atom stereocenters. The number of hydrogen-bond donors (Lipinski definition) is 1. The average Bonchev–Trinajstić information content (AvgIpc) is 3.41. The summed E-state index contributed by atoms with van der Waals surface area (Å²) < 4.78 is 6.63. The van der Waals surface area contributed by atoms with Crippen molar-refractivity contribution in [3.8, 4) is 22.3 Å². The van der Waals surface area contributed by atoms with Crippen LogP contribution in [0.3, 0.4) is 0 Å². The van der Waals surface area contributed by atoms with E-state index in [0.717, 1.165) is 5.56 Å². The van der Waals surface area contributed by atoms with Gasteiger partial charge in [-0.15, -0.1) is 11.3 Å². The molecule has 2 aromatic carbocycles. The summed E-state index contributed by atoms with van der Waals surface area (Å²) in [6.45, 7) is 1.17. The molecule has 164 valence electrons. The average molecular weight is 478 g/mol. The lowest BCUT2D eigenvalue weighted by Gasteiger charge is -2.09. The quantitative estimate of drug-likeness (QED) is 0.405. The van der Waals surface area contributed by atoms with E-state index in [2.05, 4.69) is 15.4 Å². The summed E-state index contributed by atoms with van der Waals surface area (Å²) in [5.74, 6) is -1.06. The van der Waals surface area contributed by atoms with Gasteiger partial charge in [0.2, 0.25) is 0 Å². The van der Waals surface area contributed by atoms with Crippen molar-refractivity contribution in [1.29, 1.82) is 5.26 Å². The smallest absolute Gasteiger partial charge is 0.350 e. The maximum Gasteiger partial charge on any atom is 0.350 e. The number of benzene rings is 2. The third-order valence-electron chi connectivity index (χ3n) is 4.56. The minimum atomic E-state index is -0.655. The molecule has 0 fully saturated rings. The molecule has 0 aliphatic heterocycles. The molecule has 0 aliphatic carbocycles. The van der Waals surface area contributed by atoms with E-state index in [9.17, 15) is 14.9 Å². The van der Waals surface area contributed by atoms with Crippen molar-refractivity contribution in [2.45, 2.75) is 6.92 Å². The second-order valence-corrected chi connectivity index (χ2v) is 8.27. The fourth-order valence-electron chi connectivity index (χ4n) is 2.98.